The Morgan fingerprint density at radius 1 is 1.04 bits per heavy atom. The highest BCUT2D eigenvalue weighted by atomic mass is 32.2. The summed E-state index contributed by atoms with van der Waals surface area (Å²) >= 11 is 0. The summed E-state index contributed by atoms with van der Waals surface area (Å²) in [5.41, 5.74) is 2.34. The van der Waals surface area contributed by atoms with Gasteiger partial charge in [0.05, 0.1) is 4.90 Å². The van der Waals surface area contributed by atoms with Gasteiger partial charge in [0.1, 0.15) is 0 Å². The van der Waals surface area contributed by atoms with Crippen molar-refractivity contribution in [3.05, 3.63) is 65.2 Å². The highest BCUT2D eigenvalue weighted by molar-refractivity contribution is 7.89. The lowest BCUT2D eigenvalue weighted by molar-refractivity contribution is 0.0772. The van der Waals surface area contributed by atoms with Gasteiger partial charge in [-0.3, -0.25) is 4.79 Å². The standard InChI is InChI=1S/C19H24N2O3S/c1-4-21(5-2)19(22)17-10-7-11-18(13-17)25(23,24)20-14-16-9-6-8-15(3)12-16/h6-13,20H,4-5,14H2,1-3H3. The Morgan fingerprint density at radius 3 is 2.36 bits per heavy atom. The van der Waals surface area contributed by atoms with Gasteiger partial charge in [0, 0.05) is 25.2 Å². The van der Waals surface area contributed by atoms with E-state index in [0.29, 0.717) is 18.7 Å². The van der Waals surface area contributed by atoms with E-state index in [0.717, 1.165) is 11.1 Å². The van der Waals surface area contributed by atoms with Crippen molar-refractivity contribution in [3.63, 3.8) is 0 Å². The van der Waals surface area contributed by atoms with Crippen molar-refractivity contribution < 1.29 is 13.2 Å². The molecule has 0 unspecified atom stereocenters. The summed E-state index contributed by atoms with van der Waals surface area (Å²) < 4.78 is 27.7. The van der Waals surface area contributed by atoms with Crippen LogP contribution in [0.2, 0.25) is 0 Å². The van der Waals surface area contributed by atoms with Crippen LogP contribution in [0.3, 0.4) is 0 Å². The predicted molar refractivity (Wildman–Crippen MR) is 98.9 cm³/mol. The number of hydrogen-bond donors (Lipinski definition) is 1. The van der Waals surface area contributed by atoms with E-state index in [1.165, 1.54) is 12.1 Å². The van der Waals surface area contributed by atoms with Gasteiger partial charge < -0.3 is 4.90 Å². The summed E-state index contributed by atoms with van der Waals surface area (Å²) in [5, 5.41) is 0. The zero-order chi connectivity index (χ0) is 18.4. The zero-order valence-electron chi connectivity index (χ0n) is 14.8. The second-order valence-electron chi connectivity index (χ2n) is 5.82. The molecule has 0 spiro atoms. The first-order chi connectivity index (χ1) is 11.9. The number of carbonyl (C=O) groups excluding carboxylic acids is 1. The molecule has 5 nitrogen and oxygen atoms in total. The highest BCUT2D eigenvalue weighted by Gasteiger charge is 2.18. The molecule has 0 saturated carbocycles. The molecule has 2 rings (SSSR count). The Morgan fingerprint density at radius 2 is 1.72 bits per heavy atom. The molecule has 1 amide bonds. The molecule has 0 saturated heterocycles. The monoisotopic (exact) mass is 360 g/mol. The van der Waals surface area contributed by atoms with E-state index in [-0.39, 0.29) is 17.3 Å². The molecule has 0 aliphatic heterocycles. The molecule has 25 heavy (non-hydrogen) atoms. The van der Waals surface area contributed by atoms with Crippen molar-refractivity contribution in [1.82, 2.24) is 9.62 Å². The van der Waals surface area contributed by atoms with Crippen molar-refractivity contribution in [2.24, 2.45) is 0 Å². The third-order valence-corrected chi connectivity index (χ3v) is 5.39. The molecule has 0 fully saturated rings. The van der Waals surface area contributed by atoms with Gasteiger partial charge in [-0.15, -0.1) is 0 Å². The number of carbonyl (C=O) groups is 1. The smallest absolute Gasteiger partial charge is 0.253 e. The van der Waals surface area contributed by atoms with Crippen LogP contribution in [0.15, 0.2) is 53.4 Å². The largest absolute Gasteiger partial charge is 0.339 e. The maximum absolute atomic E-state index is 12.5. The Hall–Kier alpha value is -2.18. The first kappa shape index (κ1) is 19.1. The van der Waals surface area contributed by atoms with E-state index in [4.69, 9.17) is 0 Å². The maximum Gasteiger partial charge on any atom is 0.253 e. The number of rotatable bonds is 7. The molecule has 0 bridgehead atoms. The fourth-order valence-corrected chi connectivity index (χ4v) is 3.64. The SMILES string of the molecule is CCN(CC)C(=O)c1cccc(S(=O)(=O)NCc2cccc(C)c2)c1. The van der Waals surface area contributed by atoms with Crippen molar-refractivity contribution in [3.8, 4) is 0 Å². The van der Waals surface area contributed by atoms with E-state index in [1.807, 2.05) is 45.0 Å². The van der Waals surface area contributed by atoms with Crippen LogP contribution in [-0.4, -0.2) is 32.3 Å². The molecule has 6 heteroatoms. The fraction of sp³-hybridized carbons (Fsp3) is 0.316. The topological polar surface area (TPSA) is 66.5 Å². The van der Waals surface area contributed by atoms with Crippen molar-refractivity contribution >= 4 is 15.9 Å². The molecule has 0 atom stereocenters. The summed E-state index contributed by atoms with van der Waals surface area (Å²) in [6.45, 7) is 7.12. The van der Waals surface area contributed by atoms with Crippen LogP contribution >= 0.6 is 0 Å². The van der Waals surface area contributed by atoms with Gasteiger partial charge in [-0.1, -0.05) is 35.9 Å². The average Bonchev–Trinajstić information content (AvgIpc) is 2.61. The molecular weight excluding hydrogens is 336 g/mol. The number of hydrogen-bond acceptors (Lipinski definition) is 3. The second-order valence-corrected chi connectivity index (χ2v) is 7.59. The van der Waals surface area contributed by atoms with Crippen LogP contribution in [0.4, 0.5) is 0 Å². The minimum Gasteiger partial charge on any atom is -0.339 e. The molecule has 0 radical (unpaired) electrons. The van der Waals surface area contributed by atoms with Gasteiger partial charge in [-0.25, -0.2) is 13.1 Å². The Balaban J connectivity index is 2.19. The Labute approximate surface area is 149 Å². The van der Waals surface area contributed by atoms with Crippen LogP contribution in [0.1, 0.15) is 35.3 Å². The third kappa shape index (κ3) is 4.90. The summed E-state index contributed by atoms with van der Waals surface area (Å²) in [4.78, 5) is 14.2. The first-order valence-electron chi connectivity index (χ1n) is 8.32. The summed E-state index contributed by atoms with van der Waals surface area (Å²) in [7, 11) is -3.69. The van der Waals surface area contributed by atoms with E-state index >= 15 is 0 Å². The number of aryl methyl sites for hydroxylation is 1. The van der Waals surface area contributed by atoms with Gasteiger partial charge in [-0.05, 0) is 44.5 Å². The first-order valence-corrected chi connectivity index (χ1v) is 9.80. The molecule has 2 aromatic rings. The summed E-state index contributed by atoms with van der Waals surface area (Å²) in [6, 6.07) is 13.8. The Bertz CT molecular complexity index is 843. The molecule has 0 aliphatic rings. The predicted octanol–water partition coefficient (Wildman–Crippen LogP) is 2.96. The quantitative estimate of drug-likeness (QED) is 0.825. The minimum atomic E-state index is -3.69. The van der Waals surface area contributed by atoms with E-state index in [9.17, 15) is 13.2 Å². The van der Waals surface area contributed by atoms with Gasteiger partial charge in [-0.2, -0.15) is 0 Å². The lowest BCUT2D eigenvalue weighted by Gasteiger charge is -2.19. The second kappa shape index (κ2) is 8.27. The molecule has 2 aromatic carbocycles. The van der Waals surface area contributed by atoms with Crippen LogP contribution in [0.5, 0.6) is 0 Å². The number of amides is 1. The van der Waals surface area contributed by atoms with Crippen molar-refractivity contribution in [1.29, 1.82) is 0 Å². The van der Waals surface area contributed by atoms with Crippen LogP contribution in [0, 0.1) is 6.92 Å². The Kier molecular flexibility index (Phi) is 6.33. The highest BCUT2D eigenvalue weighted by Crippen LogP contribution is 2.14. The summed E-state index contributed by atoms with van der Waals surface area (Å²) in [5.74, 6) is -0.166. The maximum atomic E-state index is 12.5. The molecule has 1 N–H and O–H groups in total. The molecule has 0 aromatic heterocycles. The normalized spacial score (nSPS) is 11.3. The number of nitrogens with zero attached hydrogens (tertiary/aromatic N) is 1. The molecular formula is C19H24N2O3S. The lowest BCUT2D eigenvalue weighted by atomic mass is 10.1. The van der Waals surface area contributed by atoms with E-state index in [2.05, 4.69) is 4.72 Å². The van der Waals surface area contributed by atoms with E-state index < -0.39 is 10.0 Å². The van der Waals surface area contributed by atoms with E-state index in [1.54, 1.807) is 17.0 Å². The lowest BCUT2D eigenvalue weighted by Crippen LogP contribution is -2.30. The molecule has 0 aliphatic carbocycles. The third-order valence-electron chi connectivity index (χ3n) is 3.99. The van der Waals surface area contributed by atoms with Crippen LogP contribution < -0.4 is 4.72 Å². The van der Waals surface area contributed by atoms with Gasteiger partial charge in [0.25, 0.3) is 5.91 Å². The zero-order valence-corrected chi connectivity index (χ0v) is 15.6. The van der Waals surface area contributed by atoms with Gasteiger partial charge >= 0.3 is 0 Å². The van der Waals surface area contributed by atoms with Crippen molar-refractivity contribution in [2.75, 3.05) is 13.1 Å². The average molecular weight is 360 g/mol. The number of nitrogens with one attached hydrogen (secondary N) is 1. The van der Waals surface area contributed by atoms with Crippen LogP contribution in [0.25, 0.3) is 0 Å². The fourth-order valence-electron chi connectivity index (χ4n) is 2.57. The van der Waals surface area contributed by atoms with Gasteiger partial charge in [0.15, 0.2) is 0 Å². The minimum absolute atomic E-state index is 0.0955. The van der Waals surface area contributed by atoms with Crippen LogP contribution in [-0.2, 0) is 16.6 Å². The summed E-state index contributed by atoms with van der Waals surface area (Å²) in [6.07, 6.45) is 0. The molecule has 0 heterocycles. The number of benzene rings is 2. The van der Waals surface area contributed by atoms with Gasteiger partial charge in [0.2, 0.25) is 10.0 Å². The molecule has 134 valence electrons. The van der Waals surface area contributed by atoms with Crippen molar-refractivity contribution in [2.45, 2.75) is 32.2 Å². The number of sulfonamides is 1.